The molecular weight excluding hydrogens is 265 g/mol. The van der Waals surface area contributed by atoms with Crippen LogP contribution in [-0.4, -0.2) is 17.9 Å². The van der Waals surface area contributed by atoms with Gasteiger partial charge in [-0.1, -0.05) is 44.2 Å². The molecule has 1 unspecified atom stereocenters. The van der Waals surface area contributed by atoms with Gasteiger partial charge in [-0.15, -0.1) is 0 Å². The van der Waals surface area contributed by atoms with Crippen molar-refractivity contribution in [1.82, 2.24) is 4.90 Å². The minimum atomic E-state index is -0.239. The van der Waals surface area contributed by atoms with Gasteiger partial charge < -0.3 is 4.90 Å². The predicted molar refractivity (Wildman–Crippen MR) is 83.4 cm³/mol. The van der Waals surface area contributed by atoms with Crippen molar-refractivity contribution in [2.24, 2.45) is 5.92 Å². The fourth-order valence-corrected chi connectivity index (χ4v) is 3.16. The van der Waals surface area contributed by atoms with E-state index in [0.717, 1.165) is 17.9 Å². The van der Waals surface area contributed by atoms with E-state index in [-0.39, 0.29) is 17.8 Å². The third kappa shape index (κ3) is 4.55. The van der Waals surface area contributed by atoms with Gasteiger partial charge in [0.1, 0.15) is 5.82 Å². The number of rotatable bonds is 5. The van der Waals surface area contributed by atoms with Crippen molar-refractivity contribution in [3.8, 4) is 0 Å². The molecule has 1 aliphatic rings. The monoisotopic (exact) mass is 291 g/mol. The molecule has 1 atom stereocenters. The first-order valence-corrected chi connectivity index (χ1v) is 8.09. The smallest absolute Gasteiger partial charge is 0.222 e. The van der Waals surface area contributed by atoms with Crippen molar-refractivity contribution in [2.45, 2.75) is 57.9 Å². The highest BCUT2D eigenvalue weighted by Crippen LogP contribution is 2.28. The predicted octanol–water partition coefficient (Wildman–Crippen LogP) is 4.71. The van der Waals surface area contributed by atoms with E-state index in [9.17, 15) is 9.18 Å². The Bertz CT molecular complexity index is 451. The molecule has 116 valence electrons. The molecule has 0 aromatic heterocycles. The molecule has 0 spiro atoms. The van der Waals surface area contributed by atoms with E-state index in [1.165, 1.54) is 44.2 Å². The van der Waals surface area contributed by atoms with Crippen LogP contribution in [0.2, 0.25) is 0 Å². The van der Waals surface area contributed by atoms with Gasteiger partial charge in [-0.2, -0.15) is 0 Å². The van der Waals surface area contributed by atoms with Crippen molar-refractivity contribution in [1.29, 1.82) is 0 Å². The van der Waals surface area contributed by atoms with Gasteiger partial charge in [-0.05, 0) is 37.0 Å². The van der Waals surface area contributed by atoms with Crippen LogP contribution in [0.5, 0.6) is 0 Å². The molecule has 0 saturated heterocycles. The minimum absolute atomic E-state index is 0.00976. The maximum Gasteiger partial charge on any atom is 0.222 e. The molecule has 1 saturated carbocycles. The van der Waals surface area contributed by atoms with Gasteiger partial charge in [0.15, 0.2) is 0 Å². The zero-order valence-electron chi connectivity index (χ0n) is 13.1. The number of nitrogens with zero attached hydrogens (tertiary/aromatic N) is 1. The van der Waals surface area contributed by atoms with E-state index in [0.29, 0.717) is 6.42 Å². The lowest BCUT2D eigenvalue weighted by molar-refractivity contribution is -0.132. The van der Waals surface area contributed by atoms with Crippen molar-refractivity contribution < 1.29 is 9.18 Å². The van der Waals surface area contributed by atoms with Crippen LogP contribution in [0.25, 0.3) is 0 Å². The first-order valence-electron chi connectivity index (χ1n) is 8.09. The summed E-state index contributed by atoms with van der Waals surface area (Å²) in [6.07, 6.45) is 8.20. The third-order valence-electron chi connectivity index (χ3n) is 4.82. The van der Waals surface area contributed by atoms with E-state index in [2.05, 4.69) is 0 Å². The van der Waals surface area contributed by atoms with Crippen molar-refractivity contribution in [3.63, 3.8) is 0 Å². The first kappa shape index (κ1) is 16.0. The number of carbonyl (C=O) groups excluding carboxylic acids is 1. The van der Waals surface area contributed by atoms with Crippen LogP contribution in [0.3, 0.4) is 0 Å². The van der Waals surface area contributed by atoms with Crippen LogP contribution in [0.1, 0.15) is 63.5 Å². The number of amides is 1. The molecule has 0 radical (unpaired) electrons. The SMILES string of the molecule is CC(c1ccc(F)cc1)N(C)C(=O)CCC1CCCCC1. The highest BCUT2D eigenvalue weighted by atomic mass is 19.1. The van der Waals surface area contributed by atoms with E-state index in [1.807, 2.05) is 14.0 Å². The Morgan fingerprint density at radius 3 is 2.48 bits per heavy atom. The molecule has 0 heterocycles. The highest BCUT2D eigenvalue weighted by molar-refractivity contribution is 5.76. The summed E-state index contributed by atoms with van der Waals surface area (Å²) < 4.78 is 13.0. The maximum atomic E-state index is 13.0. The largest absolute Gasteiger partial charge is 0.339 e. The van der Waals surface area contributed by atoms with Crippen LogP contribution in [0.15, 0.2) is 24.3 Å². The lowest BCUT2D eigenvalue weighted by atomic mass is 9.86. The zero-order chi connectivity index (χ0) is 15.2. The summed E-state index contributed by atoms with van der Waals surface area (Å²) in [5.41, 5.74) is 0.977. The second-order valence-corrected chi connectivity index (χ2v) is 6.27. The highest BCUT2D eigenvalue weighted by Gasteiger charge is 2.20. The molecule has 2 nitrogen and oxygen atoms in total. The molecule has 0 aliphatic heterocycles. The first-order chi connectivity index (χ1) is 10.1. The topological polar surface area (TPSA) is 20.3 Å². The van der Waals surface area contributed by atoms with E-state index < -0.39 is 0 Å². The van der Waals surface area contributed by atoms with Crippen LogP contribution >= 0.6 is 0 Å². The van der Waals surface area contributed by atoms with Crippen molar-refractivity contribution in [3.05, 3.63) is 35.6 Å². The van der Waals surface area contributed by atoms with Crippen LogP contribution in [0, 0.1) is 11.7 Å². The number of benzene rings is 1. The summed E-state index contributed by atoms with van der Waals surface area (Å²) in [7, 11) is 1.84. The fraction of sp³-hybridized carbons (Fsp3) is 0.611. The molecule has 1 aromatic carbocycles. The quantitative estimate of drug-likeness (QED) is 0.769. The summed E-state index contributed by atoms with van der Waals surface area (Å²) in [5, 5.41) is 0. The van der Waals surface area contributed by atoms with E-state index >= 15 is 0 Å². The number of halogens is 1. The number of hydrogen-bond acceptors (Lipinski definition) is 1. The van der Waals surface area contributed by atoms with Crippen molar-refractivity contribution in [2.75, 3.05) is 7.05 Å². The Labute approximate surface area is 127 Å². The summed E-state index contributed by atoms with van der Waals surface area (Å²) in [6, 6.07) is 6.40. The molecule has 1 fully saturated rings. The molecule has 21 heavy (non-hydrogen) atoms. The van der Waals surface area contributed by atoms with Crippen LogP contribution < -0.4 is 0 Å². The molecule has 1 amide bonds. The van der Waals surface area contributed by atoms with E-state index in [1.54, 1.807) is 17.0 Å². The Kier molecular flexibility index (Phi) is 5.77. The third-order valence-corrected chi connectivity index (χ3v) is 4.82. The molecular formula is C18H26FNO. The van der Waals surface area contributed by atoms with Gasteiger partial charge in [0.05, 0.1) is 6.04 Å². The van der Waals surface area contributed by atoms with Gasteiger partial charge in [0.2, 0.25) is 5.91 Å². The van der Waals surface area contributed by atoms with Crippen LogP contribution in [-0.2, 0) is 4.79 Å². The molecule has 0 bridgehead atoms. The summed E-state index contributed by atoms with van der Waals surface area (Å²) in [5.74, 6) is 0.687. The molecule has 0 N–H and O–H groups in total. The molecule has 2 rings (SSSR count). The lowest BCUT2D eigenvalue weighted by Crippen LogP contribution is -2.30. The normalized spacial score (nSPS) is 17.5. The van der Waals surface area contributed by atoms with Crippen molar-refractivity contribution >= 4 is 5.91 Å². The van der Waals surface area contributed by atoms with E-state index in [4.69, 9.17) is 0 Å². The summed E-state index contributed by atoms with van der Waals surface area (Å²) >= 11 is 0. The standard InChI is InChI=1S/C18H26FNO/c1-14(16-9-11-17(19)12-10-16)20(2)18(21)13-8-15-6-4-3-5-7-15/h9-12,14-15H,3-8,13H2,1-2H3. The Morgan fingerprint density at radius 2 is 1.86 bits per heavy atom. The Hall–Kier alpha value is -1.38. The second-order valence-electron chi connectivity index (χ2n) is 6.27. The average Bonchev–Trinajstić information content (AvgIpc) is 2.53. The number of carbonyl (C=O) groups is 1. The summed E-state index contributed by atoms with van der Waals surface area (Å²) in [6.45, 7) is 1.99. The van der Waals surface area contributed by atoms with Gasteiger partial charge in [-0.3, -0.25) is 4.79 Å². The van der Waals surface area contributed by atoms with Gasteiger partial charge >= 0.3 is 0 Å². The molecule has 3 heteroatoms. The van der Waals surface area contributed by atoms with Crippen LogP contribution in [0.4, 0.5) is 4.39 Å². The Balaban J connectivity index is 1.84. The lowest BCUT2D eigenvalue weighted by Gasteiger charge is -2.27. The fourth-order valence-electron chi connectivity index (χ4n) is 3.16. The molecule has 1 aromatic rings. The summed E-state index contributed by atoms with van der Waals surface area (Å²) in [4.78, 5) is 14.1. The average molecular weight is 291 g/mol. The van der Waals surface area contributed by atoms with Gasteiger partial charge in [-0.25, -0.2) is 4.39 Å². The van der Waals surface area contributed by atoms with Gasteiger partial charge in [0, 0.05) is 13.5 Å². The molecule has 1 aliphatic carbocycles. The minimum Gasteiger partial charge on any atom is -0.339 e. The van der Waals surface area contributed by atoms with Gasteiger partial charge in [0.25, 0.3) is 0 Å². The zero-order valence-corrected chi connectivity index (χ0v) is 13.1. The number of hydrogen-bond donors (Lipinski definition) is 0. The second kappa shape index (κ2) is 7.58. The maximum absolute atomic E-state index is 13.0. The Morgan fingerprint density at radius 1 is 1.24 bits per heavy atom.